The first-order valence-electron chi connectivity index (χ1n) is 4.68. The van der Waals surface area contributed by atoms with E-state index in [0.29, 0.717) is 0 Å². The van der Waals surface area contributed by atoms with Gasteiger partial charge >= 0.3 is 0 Å². The number of hydrogen-bond donors (Lipinski definition) is 3. The number of carbonyl (C=O) groups excluding carboxylic acids is 1. The summed E-state index contributed by atoms with van der Waals surface area (Å²) in [7, 11) is 0. The lowest BCUT2D eigenvalue weighted by atomic mass is 10.0. The van der Waals surface area contributed by atoms with Crippen LogP contribution in [0, 0.1) is 6.92 Å². The van der Waals surface area contributed by atoms with Gasteiger partial charge in [-0.05, 0) is 18.6 Å². The molecule has 2 atom stereocenters. The van der Waals surface area contributed by atoms with E-state index in [9.17, 15) is 15.0 Å². The minimum atomic E-state index is -1.28. The smallest absolute Gasteiger partial charge is 0.220 e. The number of aromatic nitrogens is 1. The lowest BCUT2D eigenvalue weighted by Crippen LogP contribution is -2.26. The molecule has 0 aliphatic carbocycles. The number of primary amides is 1. The number of aliphatic hydroxyl groups is 2. The van der Waals surface area contributed by atoms with Crippen molar-refractivity contribution < 1.29 is 15.0 Å². The van der Waals surface area contributed by atoms with E-state index in [0.717, 1.165) is 5.56 Å². The number of nitrogens with zero attached hydrogens (tertiary/aromatic N) is 1. The molecule has 1 heterocycles. The summed E-state index contributed by atoms with van der Waals surface area (Å²) >= 11 is 5.77. The van der Waals surface area contributed by atoms with Crippen molar-refractivity contribution in [1.82, 2.24) is 4.98 Å². The van der Waals surface area contributed by atoms with Crippen LogP contribution < -0.4 is 5.73 Å². The first kappa shape index (κ1) is 12.9. The number of amides is 1. The number of halogens is 1. The highest BCUT2D eigenvalue weighted by Gasteiger charge is 2.23. The number of nitrogens with two attached hydrogens (primary N) is 1. The summed E-state index contributed by atoms with van der Waals surface area (Å²) in [5.41, 5.74) is 6.00. The quantitative estimate of drug-likeness (QED) is 0.665. The van der Waals surface area contributed by atoms with Crippen LogP contribution in [0.15, 0.2) is 12.3 Å². The predicted molar refractivity (Wildman–Crippen MR) is 58.8 cm³/mol. The average molecular weight is 245 g/mol. The number of aliphatic hydroxyl groups excluding tert-OH is 2. The van der Waals surface area contributed by atoms with Crippen molar-refractivity contribution in [3.63, 3.8) is 0 Å². The van der Waals surface area contributed by atoms with E-state index in [1.54, 1.807) is 19.2 Å². The second-order valence-electron chi connectivity index (χ2n) is 3.58. The highest BCUT2D eigenvalue weighted by Crippen LogP contribution is 2.25. The molecule has 2 unspecified atom stereocenters. The van der Waals surface area contributed by atoms with Crippen LogP contribution in [0.4, 0.5) is 0 Å². The van der Waals surface area contributed by atoms with Gasteiger partial charge in [0, 0.05) is 11.8 Å². The van der Waals surface area contributed by atoms with E-state index in [2.05, 4.69) is 4.98 Å². The van der Waals surface area contributed by atoms with Crippen molar-refractivity contribution in [3.8, 4) is 0 Å². The molecule has 1 amide bonds. The standard InChI is InChI=1S/C10H13ClN2O3/c1-5-2-6(10(11)13-4-5)9(16)7(14)3-8(12)15/h2,4,7,9,14,16H,3H2,1H3,(H2,12,15). The van der Waals surface area contributed by atoms with E-state index < -0.39 is 18.1 Å². The first-order chi connectivity index (χ1) is 7.41. The van der Waals surface area contributed by atoms with Gasteiger partial charge in [-0.15, -0.1) is 0 Å². The van der Waals surface area contributed by atoms with Gasteiger partial charge in [0.05, 0.1) is 12.5 Å². The normalized spacial score (nSPS) is 14.5. The van der Waals surface area contributed by atoms with Crippen LogP contribution >= 0.6 is 11.6 Å². The Bertz CT molecular complexity index is 398. The van der Waals surface area contributed by atoms with E-state index in [1.165, 1.54) is 0 Å². The molecule has 0 aliphatic rings. The minimum Gasteiger partial charge on any atom is -0.390 e. The molecule has 0 aliphatic heterocycles. The van der Waals surface area contributed by atoms with Crippen LogP contribution in [-0.2, 0) is 4.79 Å². The largest absolute Gasteiger partial charge is 0.390 e. The maximum absolute atomic E-state index is 10.6. The van der Waals surface area contributed by atoms with Gasteiger partial charge in [-0.2, -0.15) is 0 Å². The third-order valence-electron chi connectivity index (χ3n) is 2.10. The molecule has 88 valence electrons. The molecule has 6 heteroatoms. The molecule has 0 bridgehead atoms. The molecule has 4 N–H and O–H groups in total. The Morgan fingerprint density at radius 3 is 2.81 bits per heavy atom. The fraction of sp³-hybridized carbons (Fsp3) is 0.400. The highest BCUT2D eigenvalue weighted by molar-refractivity contribution is 6.30. The summed E-state index contributed by atoms with van der Waals surface area (Å²) in [5.74, 6) is -0.691. The maximum atomic E-state index is 10.6. The lowest BCUT2D eigenvalue weighted by Gasteiger charge is -2.17. The average Bonchev–Trinajstić information content (AvgIpc) is 2.19. The van der Waals surface area contributed by atoms with Gasteiger partial charge in [-0.3, -0.25) is 4.79 Å². The number of rotatable bonds is 4. The summed E-state index contributed by atoms with van der Waals surface area (Å²) in [6.45, 7) is 1.78. The number of aryl methyl sites for hydroxylation is 1. The number of carbonyl (C=O) groups is 1. The van der Waals surface area contributed by atoms with Gasteiger partial charge in [0.1, 0.15) is 11.3 Å². The summed E-state index contributed by atoms with van der Waals surface area (Å²) in [5, 5.41) is 19.4. The Morgan fingerprint density at radius 2 is 2.25 bits per heavy atom. The number of pyridine rings is 1. The van der Waals surface area contributed by atoms with Crippen molar-refractivity contribution in [2.45, 2.75) is 25.6 Å². The second-order valence-corrected chi connectivity index (χ2v) is 3.93. The predicted octanol–water partition coefficient (Wildman–Crippen LogP) is 0.313. The monoisotopic (exact) mass is 244 g/mol. The summed E-state index contributed by atoms with van der Waals surface area (Å²) in [4.78, 5) is 14.4. The van der Waals surface area contributed by atoms with E-state index in [4.69, 9.17) is 17.3 Å². The minimum absolute atomic E-state index is 0.0987. The van der Waals surface area contributed by atoms with Gasteiger partial charge in [0.25, 0.3) is 0 Å². The molecule has 5 nitrogen and oxygen atoms in total. The van der Waals surface area contributed by atoms with Crippen LogP contribution in [0.2, 0.25) is 5.15 Å². The summed E-state index contributed by atoms with van der Waals surface area (Å²) in [6, 6.07) is 1.60. The summed E-state index contributed by atoms with van der Waals surface area (Å²) in [6.07, 6.45) is -1.34. The molecule has 0 fully saturated rings. The Balaban J connectivity index is 2.90. The molecular formula is C10H13ClN2O3. The van der Waals surface area contributed by atoms with E-state index in [-0.39, 0.29) is 17.1 Å². The van der Waals surface area contributed by atoms with Crippen LogP contribution in [0.1, 0.15) is 23.7 Å². The van der Waals surface area contributed by atoms with E-state index >= 15 is 0 Å². The fourth-order valence-electron chi connectivity index (χ4n) is 1.31. The molecule has 1 aromatic rings. The molecule has 0 radical (unpaired) electrons. The van der Waals surface area contributed by atoms with Gasteiger partial charge < -0.3 is 15.9 Å². The van der Waals surface area contributed by atoms with Crippen molar-refractivity contribution in [1.29, 1.82) is 0 Å². The zero-order chi connectivity index (χ0) is 12.3. The molecule has 0 spiro atoms. The molecular weight excluding hydrogens is 232 g/mol. The van der Waals surface area contributed by atoms with Crippen molar-refractivity contribution in [2.75, 3.05) is 0 Å². The van der Waals surface area contributed by atoms with Crippen LogP contribution in [0.3, 0.4) is 0 Å². The molecule has 0 saturated heterocycles. The van der Waals surface area contributed by atoms with Gasteiger partial charge in [0.2, 0.25) is 5.91 Å². The van der Waals surface area contributed by atoms with Crippen molar-refractivity contribution in [3.05, 3.63) is 28.5 Å². The van der Waals surface area contributed by atoms with Crippen LogP contribution in [-0.4, -0.2) is 27.2 Å². The second kappa shape index (κ2) is 5.25. The zero-order valence-electron chi connectivity index (χ0n) is 8.72. The van der Waals surface area contributed by atoms with Gasteiger partial charge in [-0.25, -0.2) is 4.98 Å². The SMILES string of the molecule is Cc1cnc(Cl)c(C(O)C(O)CC(N)=O)c1. The Morgan fingerprint density at radius 1 is 1.62 bits per heavy atom. The Hall–Kier alpha value is -1.17. The maximum Gasteiger partial charge on any atom is 0.220 e. The Labute approximate surface area is 97.9 Å². The highest BCUT2D eigenvalue weighted by atomic mass is 35.5. The van der Waals surface area contributed by atoms with Crippen LogP contribution in [0.5, 0.6) is 0 Å². The van der Waals surface area contributed by atoms with Crippen LogP contribution in [0.25, 0.3) is 0 Å². The molecule has 16 heavy (non-hydrogen) atoms. The Kier molecular flexibility index (Phi) is 4.23. The zero-order valence-corrected chi connectivity index (χ0v) is 9.48. The fourth-order valence-corrected chi connectivity index (χ4v) is 1.52. The van der Waals surface area contributed by atoms with Crippen molar-refractivity contribution in [2.24, 2.45) is 5.73 Å². The molecule has 1 rings (SSSR count). The van der Waals surface area contributed by atoms with Gasteiger partial charge in [-0.1, -0.05) is 11.6 Å². The molecule has 0 aromatic carbocycles. The first-order valence-corrected chi connectivity index (χ1v) is 5.06. The molecule has 0 saturated carbocycles. The van der Waals surface area contributed by atoms with Crippen molar-refractivity contribution >= 4 is 17.5 Å². The molecule has 1 aromatic heterocycles. The number of hydrogen-bond acceptors (Lipinski definition) is 4. The van der Waals surface area contributed by atoms with Gasteiger partial charge in [0.15, 0.2) is 0 Å². The lowest BCUT2D eigenvalue weighted by molar-refractivity contribution is -0.121. The summed E-state index contributed by atoms with van der Waals surface area (Å²) < 4.78 is 0. The van der Waals surface area contributed by atoms with E-state index in [1.807, 2.05) is 0 Å². The third kappa shape index (κ3) is 3.16. The third-order valence-corrected chi connectivity index (χ3v) is 2.41. The topological polar surface area (TPSA) is 96.4 Å².